The zero-order valence-corrected chi connectivity index (χ0v) is 30.0. The van der Waals surface area contributed by atoms with E-state index in [9.17, 15) is 24.6 Å². The second-order valence-electron chi connectivity index (χ2n) is 13.8. The molecule has 50 heavy (non-hydrogen) atoms. The highest BCUT2D eigenvalue weighted by Gasteiger charge is 2.38. The summed E-state index contributed by atoms with van der Waals surface area (Å²) in [5.41, 5.74) is 7.84. The van der Waals surface area contributed by atoms with Crippen molar-refractivity contribution in [3.05, 3.63) is 89.5 Å². The first-order valence-electron chi connectivity index (χ1n) is 16.7. The van der Waals surface area contributed by atoms with Crippen molar-refractivity contribution >= 4 is 17.7 Å². The van der Waals surface area contributed by atoms with Crippen LogP contribution < -0.4 is 36.5 Å². The Labute approximate surface area is 295 Å². The van der Waals surface area contributed by atoms with Crippen molar-refractivity contribution in [2.24, 2.45) is 17.1 Å². The Morgan fingerprint density at radius 3 is 1.96 bits per heavy atom. The molecule has 0 radical (unpaired) electrons. The lowest BCUT2D eigenvalue weighted by Crippen LogP contribution is -2.63. The number of carbonyl (C=O) groups is 3. The fraction of sp³-hybridized carbons (Fsp3) is 0.447. The minimum absolute atomic E-state index is 0.00867. The summed E-state index contributed by atoms with van der Waals surface area (Å²) in [4.78, 5) is 41.0. The molecule has 272 valence electrons. The molecule has 3 aromatic carbocycles. The predicted molar refractivity (Wildman–Crippen MR) is 192 cm³/mol. The maximum atomic E-state index is 14.1. The van der Waals surface area contributed by atoms with Crippen molar-refractivity contribution in [2.45, 2.75) is 84.4 Å². The molecule has 0 aromatic heterocycles. The van der Waals surface area contributed by atoms with Crippen LogP contribution in [0.5, 0.6) is 17.2 Å². The molecule has 12 nitrogen and oxygen atoms in total. The Bertz CT molecular complexity index is 1540. The molecule has 0 heterocycles. The SMILES string of the molecule is COc1ccc(CN[C@@H](C(=O)N[C@H](C(=O)NCc2ccc(OC)cc2O)C(C)C)[C@@H](O)[C@H](Cc2ccccc2)NC(=O)[C@@H](N)C(C)(C)C)cc1. The second kappa shape index (κ2) is 18.4. The van der Waals surface area contributed by atoms with Crippen LogP contribution in [0, 0.1) is 11.3 Å². The van der Waals surface area contributed by atoms with Gasteiger partial charge in [0.1, 0.15) is 29.3 Å². The van der Waals surface area contributed by atoms with Gasteiger partial charge in [0.25, 0.3) is 0 Å². The van der Waals surface area contributed by atoms with Gasteiger partial charge in [-0.3, -0.25) is 19.7 Å². The Hall–Kier alpha value is -4.65. The van der Waals surface area contributed by atoms with Crippen LogP contribution in [0.25, 0.3) is 0 Å². The van der Waals surface area contributed by atoms with Crippen molar-refractivity contribution in [3.8, 4) is 17.2 Å². The van der Waals surface area contributed by atoms with Crippen LogP contribution in [0.2, 0.25) is 0 Å². The first kappa shape index (κ1) is 39.8. The van der Waals surface area contributed by atoms with Gasteiger partial charge in [0.15, 0.2) is 0 Å². The predicted octanol–water partition coefficient (Wildman–Crippen LogP) is 2.79. The van der Waals surface area contributed by atoms with Crippen molar-refractivity contribution < 1.29 is 34.1 Å². The van der Waals surface area contributed by atoms with Crippen LogP contribution in [0.4, 0.5) is 0 Å². The molecular formula is C38H53N5O7. The number of hydrogen-bond acceptors (Lipinski definition) is 9. The lowest BCUT2D eigenvalue weighted by atomic mass is 9.86. The van der Waals surface area contributed by atoms with E-state index in [4.69, 9.17) is 15.2 Å². The number of amides is 3. The smallest absolute Gasteiger partial charge is 0.243 e. The van der Waals surface area contributed by atoms with Crippen molar-refractivity contribution in [1.29, 1.82) is 0 Å². The molecule has 8 N–H and O–H groups in total. The maximum Gasteiger partial charge on any atom is 0.243 e. The van der Waals surface area contributed by atoms with Gasteiger partial charge in [-0.15, -0.1) is 0 Å². The van der Waals surface area contributed by atoms with E-state index in [2.05, 4.69) is 21.3 Å². The number of hydrogen-bond donors (Lipinski definition) is 7. The van der Waals surface area contributed by atoms with Gasteiger partial charge in [0.2, 0.25) is 17.7 Å². The van der Waals surface area contributed by atoms with Crippen LogP contribution in [-0.4, -0.2) is 72.4 Å². The van der Waals surface area contributed by atoms with Gasteiger partial charge in [-0.2, -0.15) is 0 Å². The van der Waals surface area contributed by atoms with E-state index in [0.29, 0.717) is 17.1 Å². The number of methoxy groups -OCH3 is 2. The molecule has 5 atom stereocenters. The summed E-state index contributed by atoms with van der Waals surface area (Å²) in [6, 6.07) is 17.2. The molecule has 0 unspecified atom stereocenters. The summed E-state index contributed by atoms with van der Waals surface area (Å²) in [7, 11) is 3.05. The van der Waals surface area contributed by atoms with E-state index in [0.717, 1.165) is 11.1 Å². The summed E-state index contributed by atoms with van der Waals surface area (Å²) in [6.07, 6.45) is -1.24. The minimum atomic E-state index is -1.45. The quantitative estimate of drug-likeness (QED) is 0.112. The largest absolute Gasteiger partial charge is 0.507 e. The van der Waals surface area contributed by atoms with Gasteiger partial charge < -0.3 is 41.4 Å². The molecule has 12 heteroatoms. The molecule has 0 spiro atoms. The van der Waals surface area contributed by atoms with Crippen molar-refractivity contribution in [3.63, 3.8) is 0 Å². The van der Waals surface area contributed by atoms with Gasteiger partial charge in [-0.05, 0) is 53.1 Å². The van der Waals surface area contributed by atoms with Crippen LogP contribution in [-0.2, 0) is 33.9 Å². The first-order valence-corrected chi connectivity index (χ1v) is 16.7. The summed E-state index contributed by atoms with van der Waals surface area (Å²) in [5.74, 6) is -0.827. The number of phenolic OH excluding ortho intramolecular Hbond substituents is 1. The third-order valence-corrected chi connectivity index (χ3v) is 8.56. The zero-order chi connectivity index (χ0) is 37.0. The molecule has 0 aliphatic heterocycles. The monoisotopic (exact) mass is 691 g/mol. The van der Waals surface area contributed by atoms with Gasteiger partial charge in [-0.25, -0.2) is 0 Å². The highest BCUT2D eigenvalue weighted by atomic mass is 16.5. The van der Waals surface area contributed by atoms with Crippen LogP contribution in [0.15, 0.2) is 72.8 Å². The molecule has 0 fully saturated rings. The van der Waals surface area contributed by atoms with E-state index in [1.165, 1.54) is 13.2 Å². The summed E-state index contributed by atoms with van der Waals surface area (Å²) in [6.45, 7) is 9.31. The highest BCUT2D eigenvalue weighted by molar-refractivity contribution is 5.90. The standard InChI is InChI=1S/C38H53N5O7/c1-23(2)31(35(46)41-22-26-15-18-28(50-7)20-30(26)44)43-36(47)32(40-21-25-13-16-27(49-6)17-14-25)33(45)29(19-24-11-9-8-10-12-24)42-37(48)34(39)38(3,4)5/h8-18,20,23,29,31-34,40,44-45H,19,21-22,39H2,1-7H3,(H,41,46)(H,42,48)(H,43,47)/t29-,31-,32+,33-,34+/m0/s1. The fourth-order valence-corrected chi connectivity index (χ4v) is 5.25. The summed E-state index contributed by atoms with van der Waals surface area (Å²) >= 11 is 0. The van der Waals surface area contributed by atoms with Gasteiger partial charge in [0.05, 0.1) is 32.4 Å². The van der Waals surface area contributed by atoms with Gasteiger partial charge in [0, 0.05) is 24.7 Å². The number of aromatic hydroxyl groups is 1. The highest BCUT2D eigenvalue weighted by Crippen LogP contribution is 2.23. The fourth-order valence-electron chi connectivity index (χ4n) is 5.25. The molecule has 0 aliphatic carbocycles. The number of phenols is 1. The Balaban J connectivity index is 1.90. The van der Waals surface area contributed by atoms with E-state index < -0.39 is 53.4 Å². The second-order valence-corrected chi connectivity index (χ2v) is 13.8. The number of nitrogens with two attached hydrogens (primary N) is 1. The molecule has 3 rings (SSSR count). The molecule has 0 saturated carbocycles. The van der Waals surface area contributed by atoms with E-state index in [-0.39, 0.29) is 31.2 Å². The Kier molecular flexibility index (Phi) is 14.6. The number of benzene rings is 3. The normalized spacial score (nSPS) is 14.5. The number of nitrogens with one attached hydrogen (secondary N) is 4. The molecule has 0 aliphatic rings. The van der Waals surface area contributed by atoms with Crippen molar-refractivity contribution in [1.82, 2.24) is 21.3 Å². The minimum Gasteiger partial charge on any atom is -0.507 e. The number of ether oxygens (including phenoxy) is 2. The molecule has 3 amide bonds. The average Bonchev–Trinajstić information content (AvgIpc) is 3.09. The third-order valence-electron chi connectivity index (χ3n) is 8.56. The van der Waals surface area contributed by atoms with E-state index >= 15 is 0 Å². The number of carbonyl (C=O) groups excluding carboxylic acids is 3. The summed E-state index contributed by atoms with van der Waals surface area (Å²) < 4.78 is 10.4. The lowest BCUT2D eigenvalue weighted by Gasteiger charge is -2.34. The summed E-state index contributed by atoms with van der Waals surface area (Å²) in [5, 5.41) is 34.0. The van der Waals surface area contributed by atoms with Crippen LogP contribution in [0.3, 0.4) is 0 Å². The van der Waals surface area contributed by atoms with Crippen LogP contribution in [0.1, 0.15) is 51.3 Å². The average molecular weight is 692 g/mol. The number of rotatable bonds is 17. The Morgan fingerprint density at radius 1 is 0.780 bits per heavy atom. The van der Waals surface area contributed by atoms with E-state index in [1.807, 2.05) is 63.2 Å². The van der Waals surface area contributed by atoms with E-state index in [1.54, 1.807) is 45.2 Å². The third kappa shape index (κ3) is 11.5. The molecule has 0 bridgehead atoms. The maximum absolute atomic E-state index is 14.1. The zero-order valence-electron chi connectivity index (χ0n) is 30.0. The molecular weight excluding hydrogens is 638 g/mol. The topological polar surface area (TPSA) is 184 Å². The number of aliphatic hydroxyl groups is 1. The van der Waals surface area contributed by atoms with Gasteiger partial charge in [-0.1, -0.05) is 77.1 Å². The van der Waals surface area contributed by atoms with Gasteiger partial charge >= 0.3 is 0 Å². The van der Waals surface area contributed by atoms with Crippen molar-refractivity contribution in [2.75, 3.05) is 14.2 Å². The first-order chi connectivity index (χ1) is 23.6. The Morgan fingerprint density at radius 2 is 1.40 bits per heavy atom. The molecule has 3 aromatic rings. The molecule has 0 saturated heterocycles. The van der Waals surface area contributed by atoms with Crippen LogP contribution >= 0.6 is 0 Å². The number of aliphatic hydroxyl groups excluding tert-OH is 1. The lowest BCUT2D eigenvalue weighted by molar-refractivity contribution is -0.134.